The highest BCUT2D eigenvalue weighted by molar-refractivity contribution is 5.94. The Kier molecular flexibility index (Phi) is 46.2. The van der Waals surface area contributed by atoms with Crippen LogP contribution in [0.5, 0.6) is 34.5 Å². The fraction of sp³-hybridized carbons (Fsp3) is 0.237. The second-order valence-corrected chi connectivity index (χ2v) is 33.2. The maximum Gasteiger partial charge on any atom is 0.338 e. The van der Waals surface area contributed by atoms with Crippen LogP contribution in [0.3, 0.4) is 0 Å². The number of ether oxygens (including phenoxy) is 10. The molecule has 0 amide bonds. The van der Waals surface area contributed by atoms with Crippen molar-refractivity contribution in [3.05, 3.63) is 373 Å². The van der Waals surface area contributed by atoms with Crippen molar-refractivity contribution >= 4 is 84.0 Å². The van der Waals surface area contributed by atoms with Crippen LogP contribution >= 0.6 is 0 Å². The SMILES string of the molecule is C.C.C.C.CCC(C)(C)C(=O)OCCOC(=O)c1ccc(OC(=O)/C=C/c2ccc(-c3ccccc3)cc2)cc1.CCC(C)(C)C(=O)OCCOC(=O)c1ccc(OC(=O)/C=C/c2ccccc2)cc1.CCC(C)(C)C(=O)Oc1ccc(-c2ccc(OC(=O)/C=C/c3ccc(-c4ccccc4)cc3)cc2)cc1.CCC(C)(C)C(=O)Oc1ccc(-c2ccc(OC(=O)/C=C/c3ccccc3)cc2)cc1. The van der Waals surface area contributed by atoms with E-state index in [4.69, 9.17) is 47.4 Å². The molecule has 12 aromatic rings. The zero-order valence-electron chi connectivity index (χ0n) is 77.5. The maximum absolute atomic E-state index is 12.3. The molecule has 0 aliphatic carbocycles. The number of esters is 10. The molecule has 0 aliphatic rings. The third kappa shape index (κ3) is 37.3. The van der Waals surface area contributed by atoms with Gasteiger partial charge in [-0.05, 0) is 269 Å². The van der Waals surface area contributed by atoms with Gasteiger partial charge in [-0.1, -0.05) is 276 Å². The van der Waals surface area contributed by atoms with Crippen LogP contribution in [0.25, 0.3) is 68.8 Å². The van der Waals surface area contributed by atoms with E-state index in [2.05, 4.69) is 12.1 Å². The van der Waals surface area contributed by atoms with Crippen LogP contribution in [0.15, 0.2) is 340 Å². The first-order chi connectivity index (χ1) is 64.3. The van der Waals surface area contributed by atoms with Gasteiger partial charge in [0.1, 0.15) is 60.9 Å². The second-order valence-electron chi connectivity index (χ2n) is 33.2. The van der Waals surface area contributed by atoms with Crippen molar-refractivity contribution in [3.8, 4) is 79.0 Å². The zero-order valence-corrected chi connectivity index (χ0v) is 77.5. The van der Waals surface area contributed by atoms with Crippen LogP contribution in [0, 0.1) is 21.7 Å². The molecule has 720 valence electrons. The monoisotopic (exact) mass is 1860 g/mol. The molecule has 20 nitrogen and oxygen atoms in total. The summed E-state index contributed by atoms with van der Waals surface area (Å²) in [5.41, 5.74) is 10.4. The largest absolute Gasteiger partial charge is 0.462 e. The van der Waals surface area contributed by atoms with Gasteiger partial charge in [-0.15, -0.1) is 0 Å². The maximum atomic E-state index is 12.3. The molecule has 0 aliphatic heterocycles. The molecule has 0 atom stereocenters. The van der Waals surface area contributed by atoms with E-state index in [0.717, 1.165) is 66.8 Å². The lowest BCUT2D eigenvalue weighted by molar-refractivity contribution is -0.155. The van der Waals surface area contributed by atoms with Gasteiger partial charge in [-0.2, -0.15) is 0 Å². The fourth-order valence-corrected chi connectivity index (χ4v) is 11.6. The van der Waals surface area contributed by atoms with Crippen molar-refractivity contribution in [2.45, 2.75) is 138 Å². The van der Waals surface area contributed by atoms with Gasteiger partial charge in [0.05, 0.1) is 32.8 Å². The number of benzene rings is 12. The Morgan fingerprint density at radius 1 is 0.210 bits per heavy atom. The number of carbonyl (C=O) groups is 10. The summed E-state index contributed by atoms with van der Waals surface area (Å²) in [5, 5.41) is 0. The first kappa shape index (κ1) is 113. The average molecular weight is 1870 g/mol. The van der Waals surface area contributed by atoms with Gasteiger partial charge in [0, 0.05) is 24.3 Å². The van der Waals surface area contributed by atoms with Crippen molar-refractivity contribution < 1.29 is 95.3 Å². The molecule has 0 spiro atoms. The highest BCUT2D eigenvalue weighted by Crippen LogP contribution is 2.32. The first-order valence-corrected chi connectivity index (χ1v) is 44.1. The van der Waals surface area contributed by atoms with E-state index >= 15 is 0 Å². The van der Waals surface area contributed by atoms with Gasteiger partial charge in [0.25, 0.3) is 0 Å². The van der Waals surface area contributed by atoms with Gasteiger partial charge in [-0.25, -0.2) is 28.8 Å². The molecule has 0 saturated heterocycles. The van der Waals surface area contributed by atoms with Crippen molar-refractivity contribution in [2.24, 2.45) is 21.7 Å². The summed E-state index contributed by atoms with van der Waals surface area (Å²) >= 11 is 0. The molecular weight excluding hydrogens is 1740 g/mol. The summed E-state index contributed by atoms with van der Waals surface area (Å²) in [6.07, 6.45) is 15.0. The van der Waals surface area contributed by atoms with E-state index in [-0.39, 0.29) is 80.0 Å². The smallest absolute Gasteiger partial charge is 0.338 e. The Labute approximate surface area is 813 Å². The van der Waals surface area contributed by atoms with E-state index in [1.165, 1.54) is 72.8 Å². The lowest BCUT2D eigenvalue weighted by atomic mass is 9.91. The van der Waals surface area contributed by atoms with Gasteiger partial charge in [0.2, 0.25) is 0 Å². The minimum Gasteiger partial charge on any atom is -0.462 e. The van der Waals surface area contributed by atoms with E-state index in [1.807, 2.05) is 262 Å². The topological polar surface area (TPSA) is 263 Å². The van der Waals surface area contributed by atoms with E-state index < -0.39 is 57.5 Å². The number of carbonyl (C=O) groups excluding carboxylic acids is 10. The van der Waals surface area contributed by atoms with Crippen LogP contribution in [-0.2, 0) is 57.3 Å². The van der Waals surface area contributed by atoms with Gasteiger partial charge >= 0.3 is 59.7 Å². The molecule has 0 bridgehead atoms. The highest BCUT2D eigenvalue weighted by Gasteiger charge is 2.31. The van der Waals surface area contributed by atoms with E-state index in [1.54, 1.807) is 101 Å². The summed E-state index contributed by atoms with van der Waals surface area (Å²) < 4.78 is 52.8. The Morgan fingerprint density at radius 3 is 0.623 bits per heavy atom. The van der Waals surface area contributed by atoms with Gasteiger partial charge < -0.3 is 47.4 Å². The van der Waals surface area contributed by atoms with Crippen LogP contribution in [-0.4, -0.2) is 86.1 Å². The Balaban J connectivity index is 0.000000323. The summed E-state index contributed by atoms with van der Waals surface area (Å²) in [5.74, 6) is -1.60. The molecule has 0 aromatic heterocycles. The quantitative estimate of drug-likeness (QED) is 0.0119. The number of rotatable bonds is 34. The Bertz CT molecular complexity index is 5960. The van der Waals surface area contributed by atoms with Crippen LogP contribution in [0.2, 0.25) is 0 Å². The number of hydrogen-bond donors (Lipinski definition) is 0. The second kappa shape index (κ2) is 56.5. The van der Waals surface area contributed by atoms with Crippen LogP contribution in [0.4, 0.5) is 0 Å². The molecule has 0 fully saturated rings. The standard InChI is InChI=1S/C33H30O4.C30H30O6.C27H26O4.C24H26O6.4CH4/c1-4-33(2,3)32(35)37-30-21-17-28(18-22-30)27-15-19-29(20-16-27)36-31(34)23-12-24-10-13-26(14-11-24)25-8-6-5-7-9-25;1-4-30(2,3)29(33)35-21-20-34-28(32)25-15-17-26(18-16-25)36-27(31)19-12-22-10-13-24(14-11-22)23-8-6-5-7-9-23;1-4-27(2,3)26(29)31-24-17-13-22(14-18-24)21-11-15-23(16-12-21)30-25(28)19-10-20-8-6-5-7-9-20;1-4-24(2,3)23(27)29-17-16-28-22(26)19-11-13-20(14-12-19)30-21(25)15-10-18-8-6-5-7-9-18;;;;/h5-23H,4H2,1-3H3;5-19H,4,20-21H2,1-3H3;5-19H,4H2,1-3H3;5-15H,4,16-17H2,1-3H3;4*1H4/b23-12+;19-12+;19-10+;15-10+;;;;. The van der Waals surface area contributed by atoms with Crippen molar-refractivity contribution in [1.29, 1.82) is 0 Å². The molecule has 0 saturated carbocycles. The number of hydrogen-bond acceptors (Lipinski definition) is 20. The lowest BCUT2D eigenvalue weighted by Gasteiger charge is -2.20. The normalized spacial score (nSPS) is 10.9. The van der Waals surface area contributed by atoms with E-state index in [0.29, 0.717) is 71.3 Å². The summed E-state index contributed by atoms with van der Waals surface area (Å²) in [4.78, 5) is 121. The summed E-state index contributed by atoms with van der Waals surface area (Å²) in [6.45, 7) is 22.3. The molecule has 0 heterocycles. The molecule has 138 heavy (non-hydrogen) atoms. The third-order valence-corrected chi connectivity index (χ3v) is 21.7. The van der Waals surface area contributed by atoms with Crippen molar-refractivity contribution in [1.82, 2.24) is 0 Å². The Morgan fingerprint density at radius 2 is 0.391 bits per heavy atom. The summed E-state index contributed by atoms with van der Waals surface area (Å²) in [6, 6.07) is 96.3. The molecule has 0 radical (unpaired) electrons. The predicted octanol–water partition coefficient (Wildman–Crippen LogP) is 27.4. The predicted molar refractivity (Wildman–Crippen MR) is 549 cm³/mol. The zero-order chi connectivity index (χ0) is 96.5. The molecule has 0 N–H and O–H groups in total. The Hall–Kier alpha value is -15.7. The van der Waals surface area contributed by atoms with Crippen molar-refractivity contribution in [3.63, 3.8) is 0 Å². The summed E-state index contributed by atoms with van der Waals surface area (Å²) in [7, 11) is 0. The minimum absolute atomic E-state index is 0. The molecular formula is C118H128O20. The minimum atomic E-state index is -0.570. The average Bonchev–Trinajstić information content (AvgIpc) is 0.842. The first-order valence-electron chi connectivity index (χ1n) is 44.1. The molecule has 20 heteroatoms. The van der Waals surface area contributed by atoms with Gasteiger partial charge in [-0.3, -0.25) is 19.2 Å². The van der Waals surface area contributed by atoms with Crippen LogP contribution < -0.4 is 28.4 Å². The molecule has 12 aromatic carbocycles. The van der Waals surface area contributed by atoms with Crippen molar-refractivity contribution in [2.75, 3.05) is 26.4 Å². The van der Waals surface area contributed by atoms with E-state index in [9.17, 15) is 47.9 Å². The highest BCUT2D eigenvalue weighted by atomic mass is 16.6. The van der Waals surface area contributed by atoms with Crippen LogP contribution in [0.1, 0.15) is 181 Å². The lowest BCUT2D eigenvalue weighted by Crippen LogP contribution is -2.28. The third-order valence-electron chi connectivity index (χ3n) is 21.7. The molecule has 12 rings (SSSR count). The van der Waals surface area contributed by atoms with Gasteiger partial charge in [0.15, 0.2) is 0 Å². The fourth-order valence-electron chi connectivity index (χ4n) is 11.6. The molecule has 0 unspecified atom stereocenters.